The van der Waals surface area contributed by atoms with Crippen molar-refractivity contribution in [3.8, 4) is 17.6 Å². The van der Waals surface area contributed by atoms with E-state index in [0.29, 0.717) is 59.7 Å². The van der Waals surface area contributed by atoms with Gasteiger partial charge in [-0.2, -0.15) is 10.3 Å². The van der Waals surface area contributed by atoms with Gasteiger partial charge in [-0.25, -0.2) is 13.8 Å². The summed E-state index contributed by atoms with van der Waals surface area (Å²) in [4.78, 5) is 69.6. The molecule has 4 aliphatic rings. The first-order valence-electron chi connectivity index (χ1n) is 31.7. The number of carbonyl (C=O) groups is 4. The van der Waals surface area contributed by atoms with Gasteiger partial charge in [0.1, 0.15) is 34.4 Å². The second-order valence-electron chi connectivity index (χ2n) is 25.2. The number of nitrogens with one attached hydrogen (secondary N) is 5. The number of piperazine rings is 1. The zero-order valence-electron chi connectivity index (χ0n) is 53.3. The third-order valence-corrected chi connectivity index (χ3v) is 18.2. The lowest BCUT2D eigenvalue weighted by molar-refractivity contribution is -0.118. The fourth-order valence-corrected chi connectivity index (χ4v) is 13.3. The largest absolute Gasteiger partial charge is 0.495 e. The summed E-state index contributed by atoms with van der Waals surface area (Å²) >= 11 is 12.5. The zero-order chi connectivity index (χ0) is 65.7. The lowest BCUT2D eigenvalue weighted by Gasteiger charge is -2.37. The quantitative estimate of drug-likeness (QED) is 0.0260. The molecule has 2 saturated heterocycles. The van der Waals surface area contributed by atoms with Crippen molar-refractivity contribution in [2.45, 2.75) is 122 Å². The van der Waals surface area contributed by atoms with E-state index in [1.54, 1.807) is 54.5 Å². The number of nitriles is 1. The van der Waals surface area contributed by atoms with Crippen LogP contribution in [0.3, 0.4) is 0 Å². The predicted octanol–water partition coefficient (Wildman–Crippen LogP) is 13.6. The van der Waals surface area contributed by atoms with E-state index in [4.69, 9.17) is 42.7 Å². The van der Waals surface area contributed by atoms with Crippen molar-refractivity contribution in [2.75, 3.05) is 85.8 Å². The molecule has 0 spiro atoms. The van der Waals surface area contributed by atoms with Gasteiger partial charge < -0.3 is 41.0 Å². The number of methoxy groups -OCH3 is 2. The third kappa shape index (κ3) is 16.2. The number of fused-ring (bicyclic) bond motifs is 1. The lowest BCUT2D eigenvalue weighted by atomic mass is 9.62. The Bertz CT molecular complexity index is 3670. The number of aliphatic imine (C=N–C) groups is 2. The molecule has 1 unspecified atom stereocenters. The first-order chi connectivity index (χ1) is 44.2. The van der Waals surface area contributed by atoms with Gasteiger partial charge in [0.2, 0.25) is 17.8 Å². The molecule has 486 valence electrons. The van der Waals surface area contributed by atoms with Gasteiger partial charge in [0.05, 0.1) is 60.9 Å². The number of unbranched alkanes of at least 4 members (excludes halogenated alkanes) is 9. The Morgan fingerprint density at radius 1 is 0.826 bits per heavy atom. The van der Waals surface area contributed by atoms with Crippen LogP contribution in [0.5, 0.6) is 11.5 Å². The Kier molecular flexibility index (Phi) is 23.0. The monoisotopic (exact) mass is 1290 g/mol. The number of nitrogens with zero attached hydrogens (tertiary/aromatic N) is 6. The predicted molar refractivity (Wildman–Crippen MR) is 363 cm³/mol. The number of guanidine groups is 1. The van der Waals surface area contributed by atoms with Crippen molar-refractivity contribution < 1.29 is 37.4 Å². The number of amidine groups is 1. The van der Waals surface area contributed by atoms with Crippen LogP contribution in [0, 0.1) is 34.3 Å². The Morgan fingerprint density at radius 2 is 1.51 bits per heavy atom. The molecule has 4 aliphatic heterocycles. The molecule has 92 heavy (non-hydrogen) atoms. The van der Waals surface area contributed by atoms with Crippen LogP contribution >= 0.6 is 23.2 Å². The fourth-order valence-electron chi connectivity index (χ4n) is 13.0. The van der Waals surface area contributed by atoms with Gasteiger partial charge in [0.15, 0.2) is 0 Å². The standard InChI is InChI=1S/C71H83Cl2F2N11O6/c1-8-61(87)79-48-21-19-22-50(40-48)86-62(88)37-45(2)52-43-78-69(83-66(52)86)81-57-30-27-49(41-59(57)92-7)85-35-33-84(34-36-85)32-18-16-14-12-10-9-11-13-15-17-31-77-67(89)46-25-29-56(58(38-46)91-6)80-68(90)65-63(51-23-20-24-54(73)64(51)75)71(44-76,60(82-65)42-70(3,4)5)53-28-26-47(72)39-55(53)74/h8,19-30,37-41,52,60,63,65,82H,1,9-18,31-36,42-43H2,2-7H3,(H,77,89)(H,78,81)(H,79,87)(H,80,90)/t52?,60-,63-,65+,71-/m0/s1. The number of hydrogen-bond acceptors (Lipinski definition) is 13. The SMILES string of the molecule is C=CC(=O)Nc1cccc(N2C(=O)C=C(C)C3CN=C(Nc4ccc(N5CCN(CCCCCCCCCCCCNC(=O)c6ccc(NC(=O)[C@@H]7N[C@@H](CC(C)(C)C)[C@](C#N)(c8ccc(Cl)cc8F)[C@H]7c7cccc(Cl)c7F)c(OC)c6)CC5)cc4OC)N=C32)c1. The molecule has 0 saturated carbocycles. The molecule has 5 aromatic carbocycles. The van der Waals surface area contributed by atoms with Crippen molar-refractivity contribution in [1.82, 2.24) is 15.5 Å². The molecule has 0 radical (unpaired) electrons. The topological polar surface area (TPSA) is 205 Å². The normalized spacial score (nSPS) is 19.8. The average molecular weight is 1300 g/mol. The summed E-state index contributed by atoms with van der Waals surface area (Å²) in [6, 6.07) is 26.5. The Balaban J connectivity index is 0.665. The second kappa shape index (κ2) is 31.0. The van der Waals surface area contributed by atoms with E-state index in [-0.39, 0.29) is 56.2 Å². The molecular formula is C71H83Cl2F2N11O6. The van der Waals surface area contributed by atoms with E-state index in [1.165, 1.54) is 82.0 Å². The molecule has 4 amide bonds. The molecule has 0 aliphatic carbocycles. The van der Waals surface area contributed by atoms with Crippen molar-refractivity contribution in [2.24, 2.45) is 21.3 Å². The Hall–Kier alpha value is -8.15. The summed E-state index contributed by atoms with van der Waals surface area (Å²) in [6.45, 7) is 17.1. The molecule has 17 nitrogen and oxygen atoms in total. The van der Waals surface area contributed by atoms with Crippen LogP contribution in [0.1, 0.15) is 126 Å². The van der Waals surface area contributed by atoms with Crippen LogP contribution < -0.4 is 45.9 Å². The van der Waals surface area contributed by atoms with Crippen LogP contribution in [0.25, 0.3) is 0 Å². The van der Waals surface area contributed by atoms with Crippen molar-refractivity contribution >= 4 is 87.1 Å². The van der Waals surface area contributed by atoms with Gasteiger partial charge in [-0.05, 0) is 117 Å². The Labute approximate surface area is 548 Å². The van der Waals surface area contributed by atoms with E-state index < -0.39 is 46.4 Å². The summed E-state index contributed by atoms with van der Waals surface area (Å²) in [5.41, 5.74) is 2.10. The molecule has 2 fully saturated rings. The zero-order valence-corrected chi connectivity index (χ0v) is 54.8. The highest BCUT2D eigenvalue weighted by Gasteiger charge is 2.61. The average Bonchev–Trinajstić information content (AvgIpc) is 1.53. The number of halogens is 4. The maximum atomic E-state index is 16.2. The van der Waals surface area contributed by atoms with Gasteiger partial charge in [-0.3, -0.25) is 29.0 Å². The highest BCUT2D eigenvalue weighted by molar-refractivity contribution is 6.31. The number of rotatable bonds is 26. The summed E-state index contributed by atoms with van der Waals surface area (Å²) in [7, 11) is 3.07. The van der Waals surface area contributed by atoms with Gasteiger partial charge >= 0.3 is 0 Å². The second-order valence-corrected chi connectivity index (χ2v) is 26.1. The molecule has 5 aromatic rings. The number of anilines is 5. The third-order valence-electron chi connectivity index (χ3n) is 17.7. The fraction of sp³-hybridized carbons (Fsp3) is 0.423. The summed E-state index contributed by atoms with van der Waals surface area (Å²) in [5.74, 6) is -2.72. The van der Waals surface area contributed by atoms with Crippen molar-refractivity contribution in [3.05, 3.63) is 160 Å². The van der Waals surface area contributed by atoms with E-state index in [1.807, 2.05) is 45.9 Å². The van der Waals surface area contributed by atoms with Gasteiger partial charge in [-0.1, -0.05) is 132 Å². The Morgan fingerprint density at radius 3 is 2.20 bits per heavy atom. The van der Waals surface area contributed by atoms with Crippen LogP contribution in [-0.2, 0) is 19.8 Å². The number of hydrogen-bond donors (Lipinski definition) is 5. The summed E-state index contributed by atoms with van der Waals surface area (Å²) in [6.07, 6.45) is 14.4. The highest BCUT2D eigenvalue weighted by atomic mass is 35.5. The summed E-state index contributed by atoms with van der Waals surface area (Å²) < 4.78 is 43.9. The van der Waals surface area contributed by atoms with Gasteiger partial charge in [0, 0.05) is 84.4 Å². The smallest absolute Gasteiger partial charge is 0.256 e. The molecule has 0 aromatic heterocycles. The highest BCUT2D eigenvalue weighted by Crippen LogP contribution is 2.53. The lowest BCUT2D eigenvalue weighted by Crippen LogP contribution is -2.47. The van der Waals surface area contributed by atoms with Crippen LogP contribution in [0.15, 0.2) is 131 Å². The van der Waals surface area contributed by atoms with E-state index in [0.717, 1.165) is 75.7 Å². The molecule has 0 bridgehead atoms. The minimum Gasteiger partial charge on any atom is -0.495 e. The van der Waals surface area contributed by atoms with Crippen LogP contribution in [-0.4, -0.2) is 112 Å². The first kappa shape index (κ1) is 68.2. The minimum absolute atomic E-state index is 0.0253. The number of benzene rings is 5. The van der Waals surface area contributed by atoms with E-state index >= 15 is 8.78 Å². The van der Waals surface area contributed by atoms with Gasteiger partial charge in [0.25, 0.3) is 11.8 Å². The molecule has 4 heterocycles. The molecule has 5 atom stereocenters. The molecule has 21 heteroatoms. The molecular weight excluding hydrogens is 1210 g/mol. The maximum absolute atomic E-state index is 16.2. The number of amides is 4. The van der Waals surface area contributed by atoms with Crippen molar-refractivity contribution in [1.29, 1.82) is 5.26 Å². The molecule has 5 N–H and O–H groups in total. The maximum Gasteiger partial charge on any atom is 0.256 e. The van der Waals surface area contributed by atoms with Gasteiger partial charge in [-0.15, -0.1) is 0 Å². The van der Waals surface area contributed by atoms with E-state index in [9.17, 15) is 24.4 Å². The molecule has 9 rings (SSSR count). The van der Waals surface area contributed by atoms with Crippen molar-refractivity contribution in [3.63, 3.8) is 0 Å². The number of carbonyl (C=O) groups excluding carboxylic acids is 4. The first-order valence-corrected chi connectivity index (χ1v) is 32.5. The number of ether oxygens (including phenoxy) is 2. The van der Waals surface area contributed by atoms with Crippen LogP contribution in [0.2, 0.25) is 10.0 Å². The minimum atomic E-state index is -1.80. The van der Waals surface area contributed by atoms with E-state index in [2.05, 4.69) is 55.1 Å². The van der Waals surface area contributed by atoms with Crippen LogP contribution in [0.4, 0.5) is 37.2 Å². The summed E-state index contributed by atoms with van der Waals surface area (Å²) in [5, 5.41) is 26.5.